The van der Waals surface area contributed by atoms with Crippen molar-refractivity contribution in [3.05, 3.63) is 99.0 Å². The summed E-state index contributed by atoms with van der Waals surface area (Å²) in [5, 5.41) is 3.81. The molecule has 0 saturated carbocycles. The van der Waals surface area contributed by atoms with Crippen LogP contribution in [0.1, 0.15) is 55.9 Å². The number of sulfonamides is 1. The number of anilines is 1. The number of aryl methyl sites for hydroxylation is 2. The van der Waals surface area contributed by atoms with Gasteiger partial charge in [-0.25, -0.2) is 8.42 Å². The lowest BCUT2D eigenvalue weighted by molar-refractivity contribution is -0.142. The zero-order chi connectivity index (χ0) is 31.9. The fourth-order valence-electron chi connectivity index (χ4n) is 4.83. The van der Waals surface area contributed by atoms with E-state index in [4.69, 9.17) is 23.2 Å². The molecule has 43 heavy (non-hydrogen) atoms. The molecule has 3 rings (SSSR count). The maximum Gasteiger partial charge on any atom is 0.243 e. The third kappa shape index (κ3) is 9.98. The van der Waals surface area contributed by atoms with Crippen molar-refractivity contribution in [2.24, 2.45) is 0 Å². The summed E-state index contributed by atoms with van der Waals surface area (Å²) in [5.74, 6) is -0.614. The van der Waals surface area contributed by atoms with Crippen molar-refractivity contribution in [2.45, 2.75) is 72.0 Å². The van der Waals surface area contributed by atoms with Crippen LogP contribution in [0, 0.1) is 13.8 Å². The molecule has 1 atom stereocenters. The number of carbonyl (C=O) groups is 2. The molecule has 1 N–H and O–H groups in total. The number of nitrogens with one attached hydrogen (secondary N) is 1. The van der Waals surface area contributed by atoms with Crippen LogP contribution in [0.2, 0.25) is 10.0 Å². The van der Waals surface area contributed by atoms with E-state index < -0.39 is 21.6 Å². The maximum atomic E-state index is 14.1. The van der Waals surface area contributed by atoms with Gasteiger partial charge in [-0.05, 0) is 75.9 Å². The molecule has 0 aromatic heterocycles. The third-order valence-electron chi connectivity index (χ3n) is 6.94. The van der Waals surface area contributed by atoms with Gasteiger partial charge >= 0.3 is 0 Å². The van der Waals surface area contributed by atoms with Gasteiger partial charge in [-0.1, -0.05) is 71.7 Å². The maximum absolute atomic E-state index is 14.1. The minimum Gasteiger partial charge on any atom is -0.350 e. The smallest absolute Gasteiger partial charge is 0.243 e. The van der Waals surface area contributed by atoms with E-state index in [2.05, 4.69) is 5.32 Å². The molecule has 0 heterocycles. The number of nitrogens with zero attached hydrogens (tertiary/aromatic N) is 2. The van der Waals surface area contributed by atoms with Crippen molar-refractivity contribution in [2.75, 3.05) is 17.1 Å². The van der Waals surface area contributed by atoms with Crippen LogP contribution < -0.4 is 9.62 Å². The van der Waals surface area contributed by atoms with Crippen molar-refractivity contribution >= 4 is 50.7 Å². The number of rotatable bonds is 12. The molecule has 1 unspecified atom stereocenters. The molecule has 0 aliphatic heterocycles. The topological polar surface area (TPSA) is 86.8 Å². The van der Waals surface area contributed by atoms with Crippen molar-refractivity contribution in [1.29, 1.82) is 0 Å². The summed E-state index contributed by atoms with van der Waals surface area (Å²) in [4.78, 5) is 29.3. The second-order valence-electron chi connectivity index (χ2n) is 11.9. The highest BCUT2D eigenvalue weighted by Gasteiger charge is 2.33. The standard InChI is InChI=1S/C33H41Cl2N3O4S/c1-23-17-18-24(2)29(20-23)38(43(6,41)42)19-11-16-31(39)37(22-26-27(34)14-10-15-28(26)35)30(32(40)36-33(3,4)5)21-25-12-8-7-9-13-25/h7-10,12-15,17-18,20,30H,11,16,19,21-22H2,1-6H3,(H,36,40). The van der Waals surface area contributed by atoms with Crippen LogP contribution in [0.25, 0.3) is 0 Å². The Balaban J connectivity index is 1.97. The van der Waals surface area contributed by atoms with Crippen LogP contribution in [0.4, 0.5) is 5.69 Å². The first-order valence-corrected chi connectivity index (χ1v) is 16.8. The first-order chi connectivity index (χ1) is 20.1. The number of halogens is 2. The van der Waals surface area contributed by atoms with Crippen molar-refractivity contribution < 1.29 is 18.0 Å². The lowest BCUT2D eigenvalue weighted by Crippen LogP contribution is -2.54. The molecular formula is C33H41Cl2N3O4S. The van der Waals surface area contributed by atoms with E-state index in [-0.39, 0.29) is 44.2 Å². The summed E-state index contributed by atoms with van der Waals surface area (Å²) in [6, 6.07) is 19.4. The van der Waals surface area contributed by atoms with Gasteiger partial charge in [0.2, 0.25) is 21.8 Å². The lowest BCUT2D eigenvalue weighted by Gasteiger charge is -2.34. The molecule has 7 nitrogen and oxygen atoms in total. The summed E-state index contributed by atoms with van der Waals surface area (Å²) in [6.45, 7) is 9.53. The summed E-state index contributed by atoms with van der Waals surface area (Å²) >= 11 is 13.0. The summed E-state index contributed by atoms with van der Waals surface area (Å²) in [6.07, 6.45) is 1.68. The van der Waals surface area contributed by atoms with Crippen LogP contribution in [0.5, 0.6) is 0 Å². The van der Waals surface area contributed by atoms with Crippen LogP contribution >= 0.6 is 23.2 Å². The highest BCUT2D eigenvalue weighted by Crippen LogP contribution is 2.29. The number of hydrogen-bond acceptors (Lipinski definition) is 4. The van der Waals surface area contributed by atoms with Gasteiger partial charge < -0.3 is 10.2 Å². The molecule has 0 radical (unpaired) electrons. The Hall–Kier alpha value is -3.07. The van der Waals surface area contributed by atoms with Gasteiger partial charge in [0, 0.05) is 47.1 Å². The Labute approximate surface area is 266 Å². The largest absolute Gasteiger partial charge is 0.350 e. The van der Waals surface area contributed by atoms with E-state index >= 15 is 0 Å². The number of benzene rings is 3. The summed E-state index contributed by atoms with van der Waals surface area (Å²) in [7, 11) is -3.62. The normalized spacial score (nSPS) is 12.5. The van der Waals surface area contributed by atoms with E-state index in [0.29, 0.717) is 21.3 Å². The Kier molecular flexibility index (Phi) is 11.7. The molecule has 3 aromatic carbocycles. The molecule has 3 aromatic rings. The Morgan fingerprint density at radius 1 is 0.930 bits per heavy atom. The van der Waals surface area contributed by atoms with E-state index in [0.717, 1.165) is 22.9 Å². The zero-order valence-corrected chi connectivity index (χ0v) is 28.0. The second-order valence-corrected chi connectivity index (χ2v) is 14.6. The predicted molar refractivity (Wildman–Crippen MR) is 176 cm³/mol. The molecule has 2 amide bonds. The Morgan fingerprint density at radius 2 is 1.56 bits per heavy atom. The lowest BCUT2D eigenvalue weighted by atomic mass is 10.00. The molecule has 0 fully saturated rings. The van der Waals surface area contributed by atoms with Gasteiger partial charge in [0.05, 0.1) is 11.9 Å². The number of carbonyl (C=O) groups excluding carboxylic acids is 2. The van der Waals surface area contributed by atoms with Gasteiger partial charge in [0.1, 0.15) is 6.04 Å². The van der Waals surface area contributed by atoms with E-state index in [1.165, 1.54) is 9.21 Å². The minimum atomic E-state index is -3.62. The van der Waals surface area contributed by atoms with Gasteiger partial charge in [0.25, 0.3) is 0 Å². The van der Waals surface area contributed by atoms with Crippen molar-refractivity contribution in [3.8, 4) is 0 Å². The summed E-state index contributed by atoms with van der Waals surface area (Å²) < 4.78 is 26.9. The van der Waals surface area contributed by atoms with Gasteiger partial charge in [-0.2, -0.15) is 0 Å². The second kappa shape index (κ2) is 14.6. The van der Waals surface area contributed by atoms with Crippen LogP contribution in [0.3, 0.4) is 0 Å². The SMILES string of the molecule is Cc1ccc(C)c(N(CCCC(=O)N(Cc2c(Cl)cccc2Cl)C(Cc2ccccc2)C(=O)NC(C)(C)C)S(C)(=O)=O)c1. The van der Waals surface area contributed by atoms with Crippen LogP contribution in [0.15, 0.2) is 66.7 Å². The first kappa shape index (κ1) is 34.4. The van der Waals surface area contributed by atoms with Gasteiger partial charge in [0.15, 0.2) is 0 Å². The molecule has 0 spiro atoms. The zero-order valence-electron chi connectivity index (χ0n) is 25.7. The predicted octanol–water partition coefficient (Wildman–Crippen LogP) is 6.71. The van der Waals surface area contributed by atoms with E-state index in [1.54, 1.807) is 18.2 Å². The highest BCUT2D eigenvalue weighted by atomic mass is 35.5. The molecule has 232 valence electrons. The molecule has 0 aliphatic rings. The molecular weight excluding hydrogens is 605 g/mol. The van der Waals surface area contributed by atoms with Crippen molar-refractivity contribution in [3.63, 3.8) is 0 Å². The van der Waals surface area contributed by atoms with Crippen LogP contribution in [-0.2, 0) is 32.6 Å². The molecule has 10 heteroatoms. The average Bonchev–Trinajstić information content (AvgIpc) is 2.90. The van der Waals surface area contributed by atoms with Gasteiger partial charge in [-0.15, -0.1) is 0 Å². The van der Waals surface area contributed by atoms with E-state index in [9.17, 15) is 18.0 Å². The molecule has 0 saturated heterocycles. The van der Waals surface area contributed by atoms with E-state index in [1.807, 2.05) is 83.1 Å². The third-order valence-corrected chi connectivity index (χ3v) is 8.83. The van der Waals surface area contributed by atoms with Crippen LogP contribution in [-0.4, -0.2) is 49.5 Å². The fraction of sp³-hybridized carbons (Fsp3) is 0.394. The Bertz CT molecular complexity index is 1520. The first-order valence-electron chi connectivity index (χ1n) is 14.2. The molecule has 0 bridgehead atoms. The minimum absolute atomic E-state index is 0.00699. The quantitative estimate of drug-likeness (QED) is 0.237. The monoisotopic (exact) mass is 645 g/mol. The highest BCUT2D eigenvalue weighted by molar-refractivity contribution is 7.92. The Morgan fingerprint density at radius 3 is 2.14 bits per heavy atom. The number of amides is 2. The van der Waals surface area contributed by atoms with Crippen molar-refractivity contribution in [1.82, 2.24) is 10.2 Å². The fourth-order valence-corrected chi connectivity index (χ4v) is 6.36. The van der Waals surface area contributed by atoms with Gasteiger partial charge in [-0.3, -0.25) is 13.9 Å². The number of hydrogen-bond donors (Lipinski definition) is 1. The summed E-state index contributed by atoms with van der Waals surface area (Å²) in [5.41, 5.74) is 3.22. The average molecular weight is 647 g/mol. The molecule has 0 aliphatic carbocycles.